The first-order valence-electron chi connectivity index (χ1n) is 14.0. The Hall–Kier alpha value is -3.63. The van der Waals surface area contributed by atoms with Gasteiger partial charge in [-0.3, -0.25) is 24.3 Å². The number of hydrogen-bond donors (Lipinski definition) is 1. The molecule has 206 valence electrons. The molecule has 2 fully saturated rings. The molecule has 0 atom stereocenters. The standard InChI is InChI=1S/C29H37N7O3/c1-20(2)29(38)35-16-14-34(15-17-35)24-11-10-21-26(37)25(31-39-19-18-33-12-6-7-13-33)28-32(3)22-8-4-5-9-23(22)36(28)27(21)30-24/h4-5,8-11,20,31H,6-7,12-19H2,1-3H3. The average molecular weight is 532 g/mol. The van der Waals surface area contributed by atoms with E-state index >= 15 is 0 Å². The Morgan fingerprint density at radius 2 is 1.72 bits per heavy atom. The van der Waals surface area contributed by atoms with Crippen molar-refractivity contribution in [2.45, 2.75) is 26.7 Å². The molecule has 5 heterocycles. The zero-order chi connectivity index (χ0) is 27.1. The molecule has 6 rings (SSSR count). The fraction of sp³-hybridized carbons (Fsp3) is 0.483. The van der Waals surface area contributed by atoms with E-state index in [0.29, 0.717) is 55.2 Å². The number of likely N-dealkylation sites (tertiary alicyclic amines) is 1. The highest BCUT2D eigenvalue weighted by atomic mass is 16.6. The van der Waals surface area contributed by atoms with Crippen LogP contribution in [0.25, 0.3) is 27.7 Å². The minimum absolute atomic E-state index is 0.00568. The van der Waals surface area contributed by atoms with Crippen LogP contribution in [0.2, 0.25) is 0 Å². The van der Waals surface area contributed by atoms with Gasteiger partial charge in [-0.25, -0.2) is 4.98 Å². The van der Waals surface area contributed by atoms with Gasteiger partial charge in [0.2, 0.25) is 11.3 Å². The van der Waals surface area contributed by atoms with E-state index in [1.807, 2.05) is 60.7 Å². The van der Waals surface area contributed by atoms with Crippen molar-refractivity contribution in [1.29, 1.82) is 0 Å². The Kier molecular flexibility index (Phi) is 6.90. The summed E-state index contributed by atoms with van der Waals surface area (Å²) < 4.78 is 4.08. The second kappa shape index (κ2) is 10.5. The fourth-order valence-electron chi connectivity index (χ4n) is 5.92. The van der Waals surface area contributed by atoms with E-state index in [1.165, 1.54) is 12.8 Å². The van der Waals surface area contributed by atoms with Gasteiger partial charge in [0.05, 0.1) is 23.0 Å². The number of fused-ring (bicyclic) bond motifs is 5. The minimum Gasteiger partial charge on any atom is -0.353 e. The molecule has 2 saturated heterocycles. The summed E-state index contributed by atoms with van der Waals surface area (Å²) in [6.45, 7) is 10.2. The minimum atomic E-state index is -0.136. The number of hydrogen-bond acceptors (Lipinski definition) is 7. The van der Waals surface area contributed by atoms with Crippen molar-refractivity contribution in [2.75, 3.05) is 62.8 Å². The summed E-state index contributed by atoms with van der Waals surface area (Å²) in [5, 5.41) is 0.534. The van der Waals surface area contributed by atoms with Crippen molar-refractivity contribution in [3.05, 3.63) is 46.6 Å². The van der Waals surface area contributed by atoms with Gasteiger partial charge in [-0.1, -0.05) is 26.0 Å². The molecule has 0 radical (unpaired) electrons. The molecular weight excluding hydrogens is 494 g/mol. The fourth-order valence-corrected chi connectivity index (χ4v) is 5.92. The van der Waals surface area contributed by atoms with E-state index in [4.69, 9.17) is 9.82 Å². The third kappa shape index (κ3) is 4.61. The Bertz CT molecular complexity index is 1580. The molecule has 1 aromatic carbocycles. The van der Waals surface area contributed by atoms with Crippen LogP contribution in [-0.4, -0.2) is 82.1 Å². The first kappa shape index (κ1) is 25.6. The van der Waals surface area contributed by atoms with Crippen LogP contribution in [-0.2, 0) is 16.7 Å². The van der Waals surface area contributed by atoms with Crippen LogP contribution in [0.1, 0.15) is 26.7 Å². The largest absolute Gasteiger partial charge is 0.353 e. The lowest BCUT2D eigenvalue weighted by Crippen LogP contribution is -2.50. The molecule has 3 aromatic heterocycles. The van der Waals surface area contributed by atoms with E-state index < -0.39 is 0 Å². The number of aryl methyl sites for hydroxylation is 1. The van der Waals surface area contributed by atoms with Crippen LogP contribution in [0.3, 0.4) is 0 Å². The maximum atomic E-state index is 13.8. The van der Waals surface area contributed by atoms with Crippen molar-refractivity contribution in [3.63, 3.8) is 0 Å². The molecule has 2 aliphatic rings. The summed E-state index contributed by atoms with van der Waals surface area (Å²) >= 11 is 0. The summed E-state index contributed by atoms with van der Waals surface area (Å²) in [6.07, 6.45) is 2.47. The number of carbonyl (C=O) groups excluding carboxylic acids is 1. The maximum Gasteiger partial charge on any atom is 0.225 e. The molecule has 1 amide bonds. The lowest BCUT2D eigenvalue weighted by Gasteiger charge is -2.36. The maximum absolute atomic E-state index is 13.8. The van der Waals surface area contributed by atoms with Gasteiger partial charge in [-0.15, -0.1) is 0 Å². The van der Waals surface area contributed by atoms with E-state index in [0.717, 1.165) is 36.5 Å². The Morgan fingerprint density at radius 3 is 2.44 bits per heavy atom. The monoisotopic (exact) mass is 531 g/mol. The molecule has 0 saturated carbocycles. The Balaban J connectivity index is 1.37. The van der Waals surface area contributed by atoms with Crippen molar-refractivity contribution in [2.24, 2.45) is 13.0 Å². The molecule has 4 aromatic rings. The third-order valence-electron chi connectivity index (χ3n) is 8.07. The highest BCUT2D eigenvalue weighted by Gasteiger charge is 2.25. The molecular formula is C29H37N7O3. The molecule has 1 N–H and O–H groups in total. The number of benzene rings is 1. The molecule has 2 aliphatic heterocycles. The molecule has 0 aliphatic carbocycles. The van der Waals surface area contributed by atoms with Crippen LogP contribution in [0.4, 0.5) is 11.5 Å². The summed E-state index contributed by atoms with van der Waals surface area (Å²) in [7, 11) is 1.97. The van der Waals surface area contributed by atoms with Gasteiger partial charge in [0.15, 0.2) is 11.3 Å². The Morgan fingerprint density at radius 1 is 1.00 bits per heavy atom. The van der Waals surface area contributed by atoms with Gasteiger partial charge in [-0.05, 0) is 50.2 Å². The summed E-state index contributed by atoms with van der Waals surface area (Å²) in [5.41, 5.74) is 6.60. The number of nitrogens with zero attached hydrogens (tertiary/aromatic N) is 6. The highest BCUT2D eigenvalue weighted by molar-refractivity contribution is 5.95. The zero-order valence-electron chi connectivity index (χ0n) is 23.0. The first-order valence-corrected chi connectivity index (χ1v) is 14.0. The van der Waals surface area contributed by atoms with Gasteiger partial charge in [0.1, 0.15) is 11.5 Å². The lowest BCUT2D eigenvalue weighted by atomic mass is 10.1. The van der Waals surface area contributed by atoms with Crippen LogP contribution in [0.5, 0.6) is 0 Å². The molecule has 0 bridgehead atoms. The predicted octanol–water partition coefficient (Wildman–Crippen LogP) is 3.08. The molecule has 10 nitrogen and oxygen atoms in total. The number of anilines is 2. The van der Waals surface area contributed by atoms with Gasteiger partial charge >= 0.3 is 0 Å². The van der Waals surface area contributed by atoms with Crippen LogP contribution < -0.4 is 15.8 Å². The van der Waals surface area contributed by atoms with E-state index in [1.54, 1.807) is 0 Å². The molecule has 0 unspecified atom stereocenters. The smallest absolute Gasteiger partial charge is 0.225 e. The second-order valence-electron chi connectivity index (χ2n) is 10.9. The van der Waals surface area contributed by atoms with Gasteiger partial charge in [0, 0.05) is 45.7 Å². The number of nitrogens with one attached hydrogen (secondary N) is 1. The normalized spacial score (nSPS) is 16.8. The topological polar surface area (TPSA) is 87.4 Å². The Labute approximate surface area is 227 Å². The van der Waals surface area contributed by atoms with Crippen molar-refractivity contribution >= 4 is 45.1 Å². The molecule has 10 heteroatoms. The second-order valence-corrected chi connectivity index (χ2v) is 10.9. The summed E-state index contributed by atoms with van der Waals surface area (Å²) in [4.78, 5) is 43.7. The van der Waals surface area contributed by atoms with E-state index in [9.17, 15) is 9.59 Å². The van der Waals surface area contributed by atoms with Gasteiger partial charge in [0.25, 0.3) is 0 Å². The van der Waals surface area contributed by atoms with Crippen molar-refractivity contribution in [3.8, 4) is 0 Å². The number of carbonyl (C=O) groups is 1. The first-order chi connectivity index (χ1) is 18.9. The number of amides is 1. The SMILES string of the molecule is CC(C)C(=O)N1CCN(c2ccc3c(=O)c(NOCCN4CCCC4)c4n(C)c5ccccc5n4c3n2)CC1. The van der Waals surface area contributed by atoms with Gasteiger partial charge in [-0.2, -0.15) is 0 Å². The summed E-state index contributed by atoms with van der Waals surface area (Å²) in [6, 6.07) is 11.9. The van der Waals surface area contributed by atoms with Crippen molar-refractivity contribution in [1.82, 2.24) is 23.8 Å². The number of pyridine rings is 2. The molecule has 0 spiro atoms. The number of aromatic nitrogens is 3. The third-order valence-corrected chi connectivity index (χ3v) is 8.07. The van der Waals surface area contributed by atoms with E-state index in [2.05, 4.69) is 25.7 Å². The number of para-hydroxylation sites is 2. The zero-order valence-corrected chi connectivity index (χ0v) is 23.0. The van der Waals surface area contributed by atoms with Crippen LogP contribution in [0.15, 0.2) is 41.2 Å². The highest BCUT2D eigenvalue weighted by Crippen LogP contribution is 2.29. The number of piperazine rings is 1. The lowest BCUT2D eigenvalue weighted by molar-refractivity contribution is -0.134. The number of imidazole rings is 1. The average Bonchev–Trinajstić information content (AvgIpc) is 3.58. The molecule has 39 heavy (non-hydrogen) atoms. The summed E-state index contributed by atoms with van der Waals surface area (Å²) in [5.74, 6) is 0.990. The number of rotatable bonds is 7. The van der Waals surface area contributed by atoms with Crippen molar-refractivity contribution < 1.29 is 9.63 Å². The van der Waals surface area contributed by atoms with E-state index in [-0.39, 0.29) is 17.3 Å². The van der Waals surface area contributed by atoms with Gasteiger partial charge < -0.3 is 19.3 Å². The van der Waals surface area contributed by atoms with Crippen LogP contribution >= 0.6 is 0 Å². The van der Waals surface area contributed by atoms with Crippen LogP contribution in [0, 0.1) is 5.92 Å². The predicted molar refractivity (Wildman–Crippen MR) is 154 cm³/mol. The quantitative estimate of drug-likeness (QED) is 0.290.